The number of nitrogens with zero attached hydrogens (tertiary/aromatic N) is 2. The molecule has 2 rings (SSSR count). The van der Waals surface area contributed by atoms with E-state index in [9.17, 15) is 0 Å². The van der Waals surface area contributed by atoms with Gasteiger partial charge >= 0.3 is 0 Å². The number of hydrogen-bond acceptors (Lipinski definition) is 2. The molecule has 0 spiro atoms. The third-order valence-electron chi connectivity index (χ3n) is 3.91. The van der Waals surface area contributed by atoms with E-state index in [2.05, 4.69) is 66.1 Å². The molecule has 3 heteroatoms. The average molecular weight is 285 g/mol. The van der Waals surface area contributed by atoms with Gasteiger partial charge in [-0.25, -0.2) is 4.98 Å². The van der Waals surface area contributed by atoms with Gasteiger partial charge in [0.25, 0.3) is 0 Å². The maximum atomic E-state index is 4.47. The Morgan fingerprint density at radius 2 is 2.10 bits per heavy atom. The Bertz CT molecular complexity index is 545. The molecule has 0 saturated heterocycles. The zero-order valence-electron chi connectivity index (χ0n) is 13.5. The number of nitrogens with one attached hydrogen (secondary N) is 1. The van der Waals surface area contributed by atoms with Crippen molar-refractivity contribution in [1.82, 2.24) is 14.9 Å². The highest BCUT2D eigenvalue weighted by Crippen LogP contribution is 2.19. The summed E-state index contributed by atoms with van der Waals surface area (Å²) in [6, 6.07) is 9.37. The van der Waals surface area contributed by atoms with Crippen LogP contribution in [0.4, 0.5) is 0 Å². The van der Waals surface area contributed by atoms with Crippen LogP contribution >= 0.6 is 0 Å². The van der Waals surface area contributed by atoms with Gasteiger partial charge < -0.3 is 9.88 Å². The van der Waals surface area contributed by atoms with Gasteiger partial charge in [-0.3, -0.25) is 0 Å². The lowest BCUT2D eigenvalue weighted by molar-refractivity contribution is 0.518. The van der Waals surface area contributed by atoms with E-state index in [0.29, 0.717) is 6.04 Å². The molecule has 3 nitrogen and oxygen atoms in total. The molecule has 0 aliphatic heterocycles. The van der Waals surface area contributed by atoms with Gasteiger partial charge in [-0.2, -0.15) is 0 Å². The first-order chi connectivity index (χ1) is 10.3. The van der Waals surface area contributed by atoms with E-state index in [1.807, 2.05) is 6.20 Å². The predicted molar refractivity (Wildman–Crippen MR) is 88.5 cm³/mol. The van der Waals surface area contributed by atoms with Gasteiger partial charge in [-0.1, -0.05) is 38.1 Å². The van der Waals surface area contributed by atoms with Crippen LogP contribution in [-0.2, 0) is 13.0 Å². The van der Waals surface area contributed by atoms with Crippen LogP contribution in [0.5, 0.6) is 0 Å². The summed E-state index contributed by atoms with van der Waals surface area (Å²) in [5.74, 6) is 1.14. The Kier molecular flexibility index (Phi) is 6.00. The molecule has 0 amide bonds. The summed E-state index contributed by atoms with van der Waals surface area (Å²) >= 11 is 0. The minimum atomic E-state index is 0.454. The summed E-state index contributed by atoms with van der Waals surface area (Å²) in [6.45, 7) is 8.65. The van der Waals surface area contributed by atoms with Crippen LogP contribution in [0.3, 0.4) is 0 Å². The van der Waals surface area contributed by atoms with Crippen LogP contribution in [-0.4, -0.2) is 16.1 Å². The van der Waals surface area contributed by atoms with Crippen molar-refractivity contribution in [3.05, 3.63) is 53.6 Å². The number of aryl methyl sites for hydroxylation is 1. The summed E-state index contributed by atoms with van der Waals surface area (Å²) in [5, 5.41) is 3.62. The Balaban J connectivity index is 2.13. The summed E-state index contributed by atoms with van der Waals surface area (Å²) < 4.78 is 2.21. The van der Waals surface area contributed by atoms with Crippen LogP contribution in [0.1, 0.15) is 56.6 Å². The Labute approximate surface area is 128 Å². The summed E-state index contributed by atoms with van der Waals surface area (Å²) in [4.78, 5) is 4.47. The van der Waals surface area contributed by atoms with Crippen LogP contribution in [0, 0.1) is 0 Å². The molecule has 1 aromatic carbocycles. The molecule has 0 aliphatic rings. The van der Waals surface area contributed by atoms with E-state index in [1.165, 1.54) is 17.5 Å². The lowest BCUT2D eigenvalue weighted by Gasteiger charge is -2.18. The first-order valence-corrected chi connectivity index (χ1v) is 8.10. The SMILES string of the molecule is CCCNC(CC)c1cccc(Cc2nccn2CC)c1. The Hall–Kier alpha value is -1.61. The fourth-order valence-corrected chi connectivity index (χ4v) is 2.71. The summed E-state index contributed by atoms with van der Waals surface area (Å²) in [5.41, 5.74) is 2.73. The first-order valence-electron chi connectivity index (χ1n) is 8.10. The molecule has 0 aliphatic carbocycles. The quantitative estimate of drug-likeness (QED) is 0.796. The summed E-state index contributed by atoms with van der Waals surface area (Å²) in [7, 11) is 0. The van der Waals surface area contributed by atoms with Crippen molar-refractivity contribution in [2.45, 2.75) is 52.6 Å². The molecule has 1 N–H and O–H groups in total. The molecular weight excluding hydrogens is 258 g/mol. The average Bonchev–Trinajstić information content (AvgIpc) is 2.95. The zero-order valence-corrected chi connectivity index (χ0v) is 13.5. The smallest absolute Gasteiger partial charge is 0.113 e. The second kappa shape index (κ2) is 7.99. The maximum Gasteiger partial charge on any atom is 0.113 e. The predicted octanol–water partition coefficient (Wildman–Crippen LogP) is 3.94. The van der Waals surface area contributed by atoms with E-state index in [4.69, 9.17) is 0 Å². The lowest BCUT2D eigenvalue weighted by atomic mass is 10.0. The van der Waals surface area contributed by atoms with Crippen molar-refractivity contribution in [3.63, 3.8) is 0 Å². The fraction of sp³-hybridized carbons (Fsp3) is 0.500. The monoisotopic (exact) mass is 285 g/mol. The second-order valence-corrected chi connectivity index (χ2v) is 5.47. The van der Waals surface area contributed by atoms with Crippen LogP contribution in [0.2, 0.25) is 0 Å². The molecule has 0 bridgehead atoms. The first kappa shape index (κ1) is 15.8. The van der Waals surface area contributed by atoms with Crippen molar-refractivity contribution in [2.24, 2.45) is 0 Å². The molecule has 0 radical (unpaired) electrons. The molecule has 0 fully saturated rings. The van der Waals surface area contributed by atoms with Crippen LogP contribution in [0.15, 0.2) is 36.7 Å². The van der Waals surface area contributed by atoms with Crippen molar-refractivity contribution in [1.29, 1.82) is 0 Å². The van der Waals surface area contributed by atoms with E-state index >= 15 is 0 Å². The molecule has 0 saturated carbocycles. The standard InChI is InChI=1S/C18H27N3/c1-4-10-19-17(5-2)16-9-7-8-15(13-16)14-18-20-11-12-21(18)6-3/h7-9,11-13,17,19H,4-6,10,14H2,1-3H3. The highest BCUT2D eigenvalue weighted by atomic mass is 15.0. The Morgan fingerprint density at radius 1 is 1.24 bits per heavy atom. The second-order valence-electron chi connectivity index (χ2n) is 5.47. The molecular formula is C18H27N3. The Morgan fingerprint density at radius 3 is 2.81 bits per heavy atom. The largest absolute Gasteiger partial charge is 0.335 e. The van der Waals surface area contributed by atoms with Gasteiger partial charge in [-0.05, 0) is 37.4 Å². The van der Waals surface area contributed by atoms with Crippen molar-refractivity contribution in [3.8, 4) is 0 Å². The van der Waals surface area contributed by atoms with E-state index in [-0.39, 0.29) is 0 Å². The topological polar surface area (TPSA) is 29.9 Å². The molecule has 21 heavy (non-hydrogen) atoms. The molecule has 1 unspecified atom stereocenters. The maximum absolute atomic E-state index is 4.47. The number of hydrogen-bond donors (Lipinski definition) is 1. The van der Waals surface area contributed by atoms with Crippen LogP contribution in [0.25, 0.3) is 0 Å². The van der Waals surface area contributed by atoms with Gasteiger partial charge in [0.1, 0.15) is 5.82 Å². The van der Waals surface area contributed by atoms with E-state index < -0.39 is 0 Å². The van der Waals surface area contributed by atoms with Gasteiger partial charge in [0.05, 0.1) is 0 Å². The van der Waals surface area contributed by atoms with E-state index in [0.717, 1.165) is 31.8 Å². The zero-order chi connectivity index (χ0) is 15.1. The third-order valence-corrected chi connectivity index (χ3v) is 3.91. The van der Waals surface area contributed by atoms with Crippen LogP contribution < -0.4 is 5.32 Å². The van der Waals surface area contributed by atoms with Gasteiger partial charge in [0.2, 0.25) is 0 Å². The number of benzene rings is 1. The molecule has 2 aromatic rings. The van der Waals surface area contributed by atoms with Gasteiger partial charge in [0.15, 0.2) is 0 Å². The third kappa shape index (κ3) is 4.18. The molecule has 1 aromatic heterocycles. The normalized spacial score (nSPS) is 12.5. The number of imidazole rings is 1. The van der Waals surface area contributed by atoms with Crippen molar-refractivity contribution < 1.29 is 0 Å². The molecule has 114 valence electrons. The summed E-state index contributed by atoms with van der Waals surface area (Å²) in [6.07, 6.45) is 7.13. The minimum absolute atomic E-state index is 0.454. The minimum Gasteiger partial charge on any atom is -0.335 e. The van der Waals surface area contributed by atoms with Crippen molar-refractivity contribution >= 4 is 0 Å². The molecule has 1 atom stereocenters. The highest BCUT2D eigenvalue weighted by Gasteiger charge is 2.09. The lowest BCUT2D eigenvalue weighted by Crippen LogP contribution is -2.21. The van der Waals surface area contributed by atoms with Gasteiger partial charge in [0, 0.05) is 31.4 Å². The van der Waals surface area contributed by atoms with E-state index in [1.54, 1.807) is 0 Å². The van der Waals surface area contributed by atoms with Crippen molar-refractivity contribution in [2.75, 3.05) is 6.54 Å². The van der Waals surface area contributed by atoms with Gasteiger partial charge in [-0.15, -0.1) is 0 Å². The highest BCUT2D eigenvalue weighted by molar-refractivity contribution is 5.28. The number of aromatic nitrogens is 2. The molecule has 1 heterocycles. The number of rotatable bonds is 8. The fourth-order valence-electron chi connectivity index (χ4n) is 2.71.